The molecule has 112 valence electrons. The molecule has 0 N–H and O–H groups in total. The quantitative estimate of drug-likeness (QED) is 0.595. The van der Waals surface area contributed by atoms with Gasteiger partial charge in [0, 0.05) is 9.92 Å². The number of hydrazone groups is 1. The molecule has 3 rings (SSSR count). The molecule has 0 radical (unpaired) electrons. The van der Waals surface area contributed by atoms with E-state index in [1.807, 2.05) is 30.3 Å². The molecule has 8 heteroatoms. The van der Waals surface area contributed by atoms with Gasteiger partial charge in [-0.1, -0.05) is 47.3 Å². The molecule has 0 atom stereocenters. The van der Waals surface area contributed by atoms with Gasteiger partial charge in [-0.25, -0.2) is 0 Å². The molecular formula is C14H9ClN2O2S3. The fraction of sp³-hybridized carbons (Fsp3) is 0.0714. The van der Waals surface area contributed by atoms with E-state index in [1.54, 1.807) is 6.07 Å². The van der Waals surface area contributed by atoms with Crippen molar-refractivity contribution in [3.8, 4) is 0 Å². The highest BCUT2D eigenvalue weighted by molar-refractivity contribution is 8.23. The van der Waals surface area contributed by atoms with E-state index in [0.717, 1.165) is 9.99 Å². The molecule has 4 nitrogen and oxygen atoms in total. The molecule has 1 amide bonds. The highest BCUT2D eigenvalue weighted by atomic mass is 35.5. The molecule has 2 aromatic rings. The lowest BCUT2D eigenvalue weighted by molar-refractivity contribution is -0.123. The topological polar surface area (TPSA) is 45.8 Å². The average molecular weight is 369 g/mol. The number of thioether (sulfide) groups is 1. The van der Waals surface area contributed by atoms with Crippen LogP contribution in [0.15, 0.2) is 55.9 Å². The second-order valence-corrected chi connectivity index (χ2v) is 7.34. The summed E-state index contributed by atoms with van der Waals surface area (Å²) in [6.07, 6.45) is 1.49. The molecule has 0 aliphatic carbocycles. The van der Waals surface area contributed by atoms with Crippen LogP contribution in [0.2, 0.25) is 5.02 Å². The highest BCUT2D eigenvalue weighted by Crippen LogP contribution is 2.29. The van der Waals surface area contributed by atoms with Crippen LogP contribution in [0.3, 0.4) is 0 Å². The first-order chi connectivity index (χ1) is 10.6. The first kappa shape index (κ1) is 15.6. The van der Waals surface area contributed by atoms with Crippen LogP contribution in [0.4, 0.5) is 0 Å². The number of amides is 1. The maximum absolute atomic E-state index is 11.5. The summed E-state index contributed by atoms with van der Waals surface area (Å²) in [5, 5.41) is 6.71. The van der Waals surface area contributed by atoms with Crippen molar-refractivity contribution in [2.24, 2.45) is 5.10 Å². The number of rotatable bonds is 4. The van der Waals surface area contributed by atoms with Crippen LogP contribution in [0.25, 0.3) is 0 Å². The molecule has 1 aromatic carbocycles. The van der Waals surface area contributed by atoms with E-state index in [2.05, 4.69) is 5.10 Å². The number of hydrogen-bond acceptors (Lipinski definition) is 6. The normalized spacial score (nSPS) is 15.2. The summed E-state index contributed by atoms with van der Waals surface area (Å²) in [5.41, 5.74) is 0. The number of benzene rings is 1. The van der Waals surface area contributed by atoms with Crippen LogP contribution in [-0.2, 0) is 4.79 Å². The van der Waals surface area contributed by atoms with Gasteiger partial charge in [-0.3, -0.25) is 4.79 Å². The molecule has 1 aliphatic heterocycles. The number of nitrogens with zero attached hydrogens (tertiary/aromatic N) is 2. The van der Waals surface area contributed by atoms with Gasteiger partial charge in [0.15, 0.2) is 9.41 Å². The van der Waals surface area contributed by atoms with Gasteiger partial charge in [-0.15, -0.1) is 0 Å². The molecule has 1 aliphatic rings. The molecule has 1 fully saturated rings. The summed E-state index contributed by atoms with van der Waals surface area (Å²) in [4.78, 5) is 12.6. The zero-order valence-electron chi connectivity index (χ0n) is 11.1. The highest BCUT2D eigenvalue weighted by Gasteiger charge is 2.26. The van der Waals surface area contributed by atoms with Crippen molar-refractivity contribution in [2.45, 2.75) is 9.99 Å². The maximum atomic E-state index is 11.5. The Bertz CT molecular complexity index is 727. The van der Waals surface area contributed by atoms with E-state index >= 15 is 0 Å². The lowest BCUT2D eigenvalue weighted by Gasteiger charge is -2.05. The largest absolute Gasteiger partial charge is 0.448 e. The Morgan fingerprint density at radius 2 is 2.09 bits per heavy atom. The van der Waals surface area contributed by atoms with E-state index in [9.17, 15) is 4.79 Å². The monoisotopic (exact) mass is 368 g/mol. The third-order valence-electron chi connectivity index (χ3n) is 2.66. The van der Waals surface area contributed by atoms with Crippen LogP contribution in [0, 0.1) is 0 Å². The molecular weight excluding hydrogens is 360 g/mol. The molecule has 0 unspecified atom stereocenters. The molecule has 2 heterocycles. The second kappa shape index (κ2) is 6.87. The van der Waals surface area contributed by atoms with E-state index in [-0.39, 0.29) is 5.91 Å². The van der Waals surface area contributed by atoms with Crippen LogP contribution in [0.1, 0.15) is 5.76 Å². The molecule has 0 bridgehead atoms. The predicted molar refractivity (Wildman–Crippen MR) is 93.8 cm³/mol. The first-order valence-corrected chi connectivity index (χ1v) is 8.77. The van der Waals surface area contributed by atoms with Crippen molar-refractivity contribution < 1.29 is 9.21 Å². The third kappa shape index (κ3) is 3.73. The van der Waals surface area contributed by atoms with E-state index in [1.165, 1.54) is 34.7 Å². The van der Waals surface area contributed by atoms with E-state index in [0.29, 0.717) is 20.9 Å². The lowest BCUT2D eigenvalue weighted by atomic mass is 10.4. The Balaban J connectivity index is 1.67. The number of halogens is 1. The SMILES string of the molecule is O=C1CSC(=S)N1/N=C\c1ccc(Sc2ccc(Cl)cc2)o1. The summed E-state index contributed by atoms with van der Waals surface area (Å²) in [6, 6.07) is 11.1. The van der Waals surface area contributed by atoms with Gasteiger partial charge < -0.3 is 4.42 Å². The van der Waals surface area contributed by atoms with Crippen molar-refractivity contribution in [1.29, 1.82) is 0 Å². The number of carbonyl (C=O) groups is 1. The van der Waals surface area contributed by atoms with Crippen molar-refractivity contribution in [2.75, 3.05) is 5.75 Å². The van der Waals surface area contributed by atoms with Crippen molar-refractivity contribution in [1.82, 2.24) is 5.01 Å². The maximum Gasteiger partial charge on any atom is 0.259 e. The fourth-order valence-corrected chi connectivity index (χ4v) is 3.52. The number of furan rings is 1. The second-order valence-electron chi connectivity index (χ2n) is 4.22. The average Bonchev–Trinajstić information content (AvgIpc) is 3.07. The van der Waals surface area contributed by atoms with Gasteiger partial charge in [0.05, 0.1) is 12.0 Å². The first-order valence-electron chi connectivity index (χ1n) is 6.19. The zero-order chi connectivity index (χ0) is 15.5. The Morgan fingerprint density at radius 1 is 1.32 bits per heavy atom. The van der Waals surface area contributed by atoms with Gasteiger partial charge >= 0.3 is 0 Å². The van der Waals surface area contributed by atoms with Crippen LogP contribution in [-0.4, -0.2) is 27.2 Å². The van der Waals surface area contributed by atoms with Gasteiger partial charge in [0.2, 0.25) is 0 Å². The van der Waals surface area contributed by atoms with Gasteiger partial charge in [0.25, 0.3) is 5.91 Å². The van der Waals surface area contributed by atoms with Crippen LogP contribution >= 0.6 is 47.3 Å². The molecule has 1 aromatic heterocycles. The van der Waals surface area contributed by atoms with Gasteiger partial charge in [0.1, 0.15) is 5.76 Å². The number of carbonyl (C=O) groups excluding carboxylic acids is 1. The summed E-state index contributed by atoms with van der Waals surface area (Å²) in [7, 11) is 0. The van der Waals surface area contributed by atoms with Crippen LogP contribution in [0.5, 0.6) is 0 Å². The minimum absolute atomic E-state index is 0.117. The Labute approximate surface area is 145 Å². The smallest absolute Gasteiger partial charge is 0.259 e. The summed E-state index contributed by atoms with van der Waals surface area (Å²) < 4.78 is 6.10. The lowest BCUT2D eigenvalue weighted by Crippen LogP contribution is -2.22. The Kier molecular flexibility index (Phi) is 4.87. The number of hydrogen-bond donors (Lipinski definition) is 0. The standard InChI is InChI=1S/C14H9ClN2O2S3/c15-9-1-4-11(5-2-9)22-13-6-3-10(19-13)7-16-17-12(18)8-21-14(17)20/h1-7H,8H2/b16-7-. The zero-order valence-corrected chi connectivity index (χ0v) is 14.3. The summed E-state index contributed by atoms with van der Waals surface area (Å²) in [6.45, 7) is 0. The summed E-state index contributed by atoms with van der Waals surface area (Å²) >= 11 is 13.7. The van der Waals surface area contributed by atoms with Crippen LogP contribution < -0.4 is 0 Å². The van der Waals surface area contributed by atoms with E-state index in [4.69, 9.17) is 28.2 Å². The molecule has 0 saturated carbocycles. The predicted octanol–water partition coefficient (Wildman–Crippen LogP) is 4.28. The van der Waals surface area contributed by atoms with E-state index < -0.39 is 0 Å². The molecule has 0 spiro atoms. The number of thiocarbonyl (C=S) groups is 1. The van der Waals surface area contributed by atoms with Crippen molar-refractivity contribution >= 4 is 63.8 Å². The minimum atomic E-state index is -0.117. The van der Waals surface area contributed by atoms with Crippen molar-refractivity contribution in [3.63, 3.8) is 0 Å². The minimum Gasteiger partial charge on any atom is -0.448 e. The Morgan fingerprint density at radius 3 is 2.77 bits per heavy atom. The van der Waals surface area contributed by atoms with Crippen molar-refractivity contribution in [3.05, 3.63) is 47.2 Å². The molecule has 1 saturated heterocycles. The van der Waals surface area contributed by atoms with Gasteiger partial charge in [-0.05, 0) is 36.4 Å². The third-order valence-corrected chi connectivity index (χ3v) is 5.18. The van der Waals surface area contributed by atoms with Gasteiger partial charge in [-0.2, -0.15) is 10.1 Å². The Hall–Kier alpha value is -1.28. The fourth-order valence-electron chi connectivity index (χ4n) is 1.65. The molecule has 22 heavy (non-hydrogen) atoms. The summed E-state index contributed by atoms with van der Waals surface area (Å²) in [5.74, 6) is 0.781.